The van der Waals surface area contributed by atoms with Gasteiger partial charge in [-0.25, -0.2) is 0 Å². The van der Waals surface area contributed by atoms with E-state index in [4.69, 9.17) is 0 Å². The second-order valence-corrected chi connectivity index (χ2v) is 6.71. The van der Waals surface area contributed by atoms with Crippen molar-refractivity contribution in [2.24, 2.45) is 17.3 Å². The van der Waals surface area contributed by atoms with Crippen molar-refractivity contribution in [1.29, 1.82) is 0 Å². The maximum absolute atomic E-state index is 12.1. The van der Waals surface area contributed by atoms with Crippen LogP contribution in [-0.2, 0) is 0 Å². The Morgan fingerprint density at radius 3 is 2.22 bits per heavy atom. The van der Waals surface area contributed by atoms with Gasteiger partial charge in [0.2, 0.25) is 0 Å². The van der Waals surface area contributed by atoms with E-state index in [1.54, 1.807) is 0 Å². The van der Waals surface area contributed by atoms with Crippen LogP contribution in [0.4, 0.5) is 13.2 Å². The molecule has 1 aliphatic rings. The van der Waals surface area contributed by atoms with Crippen LogP contribution in [0.25, 0.3) is 0 Å². The van der Waals surface area contributed by atoms with Crippen molar-refractivity contribution in [3.05, 3.63) is 0 Å². The molecule has 0 aromatic rings. The summed E-state index contributed by atoms with van der Waals surface area (Å²) in [4.78, 5) is 0. The molecule has 3 unspecified atom stereocenters. The fourth-order valence-corrected chi connectivity index (χ4v) is 2.91. The fraction of sp³-hybridized carbons (Fsp3) is 1.00. The van der Waals surface area contributed by atoms with Crippen molar-refractivity contribution in [2.45, 2.75) is 71.6 Å². The number of rotatable bonds is 3. The molecule has 1 fully saturated rings. The highest BCUT2D eigenvalue weighted by Gasteiger charge is 2.35. The first-order valence-corrected chi connectivity index (χ1v) is 6.84. The predicted molar refractivity (Wildman–Crippen MR) is 66.2 cm³/mol. The molecule has 1 saturated carbocycles. The zero-order chi connectivity index (χ0) is 14.0. The van der Waals surface area contributed by atoms with Crippen molar-refractivity contribution in [3.8, 4) is 0 Å². The summed E-state index contributed by atoms with van der Waals surface area (Å²) < 4.78 is 36.3. The number of alkyl halides is 3. The molecule has 0 spiro atoms. The third-order valence-electron chi connectivity index (χ3n) is 4.20. The lowest BCUT2D eigenvalue weighted by Gasteiger charge is -2.40. The molecule has 0 aliphatic heterocycles. The summed E-state index contributed by atoms with van der Waals surface area (Å²) in [6.45, 7) is 6.51. The van der Waals surface area contributed by atoms with Gasteiger partial charge in [0, 0.05) is 6.42 Å². The van der Waals surface area contributed by atoms with Gasteiger partial charge in [0.25, 0.3) is 0 Å². The van der Waals surface area contributed by atoms with Crippen molar-refractivity contribution in [1.82, 2.24) is 0 Å². The van der Waals surface area contributed by atoms with E-state index in [1.807, 2.05) is 0 Å². The Labute approximate surface area is 108 Å². The minimum absolute atomic E-state index is 0.0466. The lowest BCUT2D eigenvalue weighted by Crippen LogP contribution is -2.34. The Hall–Kier alpha value is -0.250. The van der Waals surface area contributed by atoms with Gasteiger partial charge in [0.1, 0.15) is 0 Å². The molecule has 1 N–H and O–H groups in total. The van der Waals surface area contributed by atoms with Gasteiger partial charge in [-0.1, -0.05) is 20.8 Å². The number of aliphatic hydroxyl groups is 1. The maximum atomic E-state index is 12.1. The van der Waals surface area contributed by atoms with Crippen LogP contribution in [0.3, 0.4) is 0 Å². The van der Waals surface area contributed by atoms with E-state index >= 15 is 0 Å². The summed E-state index contributed by atoms with van der Waals surface area (Å²) in [7, 11) is 0. The van der Waals surface area contributed by atoms with E-state index < -0.39 is 18.7 Å². The molecule has 18 heavy (non-hydrogen) atoms. The van der Waals surface area contributed by atoms with E-state index in [0.29, 0.717) is 12.3 Å². The summed E-state index contributed by atoms with van der Waals surface area (Å²) in [5, 5.41) is 9.90. The Bertz CT molecular complexity index is 255. The van der Waals surface area contributed by atoms with Crippen molar-refractivity contribution >= 4 is 0 Å². The van der Waals surface area contributed by atoms with Gasteiger partial charge < -0.3 is 5.11 Å². The third kappa shape index (κ3) is 5.17. The van der Waals surface area contributed by atoms with Gasteiger partial charge in [-0.15, -0.1) is 0 Å². The Morgan fingerprint density at radius 1 is 1.11 bits per heavy atom. The SMILES string of the molecule is CC(C)(C)C1CCC(O)C(CCCC(F)(F)F)C1. The van der Waals surface area contributed by atoms with Crippen LogP contribution in [0, 0.1) is 17.3 Å². The van der Waals surface area contributed by atoms with E-state index in [2.05, 4.69) is 20.8 Å². The maximum Gasteiger partial charge on any atom is 0.389 e. The highest BCUT2D eigenvalue weighted by Crippen LogP contribution is 2.42. The largest absolute Gasteiger partial charge is 0.393 e. The van der Waals surface area contributed by atoms with E-state index in [0.717, 1.165) is 19.3 Å². The Kier molecular flexibility index (Phi) is 5.10. The monoisotopic (exact) mass is 266 g/mol. The van der Waals surface area contributed by atoms with Gasteiger partial charge in [-0.3, -0.25) is 0 Å². The second kappa shape index (κ2) is 5.81. The first kappa shape index (κ1) is 15.8. The third-order valence-corrected chi connectivity index (χ3v) is 4.20. The molecule has 3 atom stereocenters. The summed E-state index contributed by atoms with van der Waals surface area (Å²) in [5.41, 5.74) is 0.183. The average Bonchev–Trinajstić information content (AvgIpc) is 2.17. The molecule has 1 rings (SSSR count). The van der Waals surface area contributed by atoms with E-state index in [9.17, 15) is 18.3 Å². The van der Waals surface area contributed by atoms with Gasteiger partial charge in [0.15, 0.2) is 0 Å². The minimum Gasteiger partial charge on any atom is -0.393 e. The van der Waals surface area contributed by atoms with Crippen LogP contribution < -0.4 is 0 Å². The molecule has 0 aromatic heterocycles. The number of hydrogen-bond donors (Lipinski definition) is 1. The van der Waals surface area contributed by atoms with Crippen LogP contribution in [0.1, 0.15) is 59.3 Å². The van der Waals surface area contributed by atoms with Crippen LogP contribution in [-0.4, -0.2) is 17.4 Å². The molecule has 1 aliphatic carbocycles. The lowest BCUT2D eigenvalue weighted by molar-refractivity contribution is -0.137. The van der Waals surface area contributed by atoms with Gasteiger partial charge in [-0.05, 0) is 49.4 Å². The molecule has 0 amide bonds. The summed E-state index contributed by atoms with van der Waals surface area (Å²) in [6.07, 6.45) is -1.98. The molecule has 108 valence electrons. The molecule has 0 aromatic carbocycles. The van der Waals surface area contributed by atoms with E-state index in [-0.39, 0.29) is 17.8 Å². The topological polar surface area (TPSA) is 20.2 Å². The first-order valence-electron chi connectivity index (χ1n) is 6.84. The van der Waals surface area contributed by atoms with Crippen molar-refractivity contribution in [3.63, 3.8) is 0 Å². The van der Waals surface area contributed by atoms with E-state index in [1.165, 1.54) is 0 Å². The molecule has 0 bridgehead atoms. The van der Waals surface area contributed by atoms with Gasteiger partial charge >= 0.3 is 6.18 Å². The molecular formula is C14H25F3O. The molecule has 0 heterocycles. The zero-order valence-corrected chi connectivity index (χ0v) is 11.6. The molecule has 1 nitrogen and oxygen atoms in total. The molecular weight excluding hydrogens is 241 g/mol. The van der Waals surface area contributed by atoms with Crippen molar-refractivity contribution in [2.75, 3.05) is 0 Å². The quantitative estimate of drug-likeness (QED) is 0.795. The summed E-state index contributed by atoms with van der Waals surface area (Å²) in [6, 6.07) is 0. The first-order chi connectivity index (χ1) is 8.09. The average molecular weight is 266 g/mol. The molecule has 0 radical (unpaired) electrons. The van der Waals surface area contributed by atoms with Crippen LogP contribution in [0.2, 0.25) is 0 Å². The lowest BCUT2D eigenvalue weighted by atomic mass is 9.67. The molecule has 0 saturated heterocycles. The Morgan fingerprint density at radius 2 is 1.72 bits per heavy atom. The smallest absolute Gasteiger partial charge is 0.389 e. The molecule has 4 heteroatoms. The standard InChI is InChI=1S/C14H25F3O/c1-13(2,3)11-6-7-12(18)10(9-11)5-4-8-14(15,16)17/h10-12,18H,4-9H2,1-3H3. The zero-order valence-electron chi connectivity index (χ0n) is 11.6. The van der Waals surface area contributed by atoms with Crippen LogP contribution in [0.5, 0.6) is 0 Å². The minimum atomic E-state index is -4.07. The van der Waals surface area contributed by atoms with Crippen LogP contribution in [0.15, 0.2) is 0 Å². The predicted octanol–water partition coefficient (Wildman–Crippen LogP) is 4.54. The normalized spacial score (nSPS) is 30.5. The number of halogens is 3. The highest BCUT2D eigenvalue weighted by molar-refractivity contribution is 4.85. The van der Waals surface area contributed by atoms with Crippen LogP contribution >= 0.6 is 0 Å². The highest BCUT2D eigenvalue weighted by atomic mass is 19.4. The van der Waals surface area contributed by atoms with Crippen molar-refractivity contribution < 1.29 is 18.3 Å². The van der Waals surface area contributed by atoms with Gasteiger partial charge in [0.05, 0.1) is 6.10 Å². The van der Waals surface area contributed by atoms with Gasteiger partial charge in [-0.2, -0.15) is 13.2 Å². The Balaban J connectivity index is 2.43. The summed E-state index contributed by atoms with van der Waals surface area (Å²) >= 11 is 0. The summed E-state index contributed by atoms with van der Waals surface area (Å²) in [5.74, 6) is 0.558. The number of hydrogen-bond acceptors (Lipinski definition) is 1. The second-order valence-electron chi connectivity index (χ2n) is 6.71. The number of aliphatic hydroxyl groups excluding tert-OH is 1. The fourth-order valence-electron chi connectivity index (χ4n) is 2.91.